The van der Waals surface area contributed by atoms with E-state index in [2.05, 4.69) is 170 Å². The number of hydrogen-bond donors (Lipinski definition) is 0. The van der Waals surface area contributed by atoms with Crippen molar-refractivity contribution in [1.82, 2.24) is 15.0 Å². The molecule has 3 heteroatoms. The lowest BCUT2D eigenvalue weighted by molar-refractivity contribution is 0.661. The van der Waals surface area contributed by atoms with Crippen molar-refractivity contribution in [1.29, 1.82) is 0 Å². The number of fused-ring (bicyclic) bond motifs is 5. The van der Waals surface area contributed by atoms with E-state index in [-0.39, 0.29) is 5.41 Å². The van der Waals surface area contributed by atoms with E-state index in [1.807, 2.05) is 24.4 Å². The van der Waals surface area contributed by atoms with Gasteiger partial charge in [0, 0.05) is 33.9 Å². The molecule has 0 amide bonds. The molecule has 0 aliphatic heterocycles. The molecule has 0 bridgehead atoms. The maximum atomic E-state index is 5.28. The molecule has 0 saturated carbocycles. The first-order chi connectivity index (χ1) is 26.0. The molecule has 7 aromatic carbocycles. The molecule has 0 atom stereocenters. The average Bonchev–Trinajstić information content (AvgIpc) is 3.45. The van der Waals surface area contributed by atoms with Gasteiger partial charge in [0.15, 0.2) is 5.82 Å². The lowest BCUT2D eigenvalue weighted by Crippen LogP contribution is -2.14. The Morgan fingerprint density at radius 1 is 0.377 bits per heavy atom. The molecule has 53 heavy (non-hydrogen) atoms. The average molecular weight is 678 g/mol. The first-order valence-electron chi connectivity index (χ1n) is 18.2. The molecule has 0 radical (unpaired) electrons. The highest BCUT2D eigenvalue weighted by atomic mass is 14.9. The van der Waals surface area contributed by atoms with E-state index < -0.39 is 0 Å². The van der Waals surface area contributed by atoms with E-state index in [0.717, 1.165) is 50.5 Å². The molecule has 1 aliphatic rings. The second-order valence-electron chi connectivity index (χ2n) is 14.5. The first kappa shape index (κ1) is 31.1. The molecular weight excluding hydrogens is 643 g/mol. The number of rotatable bonds is 5. The highest BCUT2D eigenvalue weighted by Crippen LogP contribution is 2.53. The predicted molar refractivity (Wildman–Crippen MR) is 220 cm³/mol. The van der Waals surface area contributed by atoms with E-state index in [9.17, 15) is 0 Å². The van der Waals surface area contributed by atoms with Crippen molar-refractivity contribution in [3.8, 4) is 67.4 Å². The van der Waals surface area contributed by atoms with Crippen LogP contribution in [0, 0.1) is 0 Å². The van der Waals surface area contributed by atoms with Crippen LogP contribution >= 0.6 is 0 Å². The van der Waals surface area contributed by atoms with Crippen molar-refractivity contribution in [3.63, 3.8) is 0 Å². The van der Waals surface area contributed by atoms with Gasteiger partial charge in [-0.15, -0.1) is 0 Å². The lowest BCUT2D eigenvalue weighted by Gasteiger charge is -2.22. The summed E-state index contributed by atoms with van der Waals surface area (Å²) in [5, 5.41) is 4.86. The van der Waals surface area contributed by atoms with Gasteiger partial charge in [-0.25, -0.2) is 9.97 Å². The fourth-order valence-electron chi connectivity index (χ4n) is 8.11. The molecule has 2 heterocycles. The minimum atomic E-state index is -0.139. The minimum Gasteiger partial charge on any atom is -0.256 e. The fourth-order valence-corrected chi connectivity index (χ4v) is 8.11. The fraction of sp³-hybridized carbons (Fsp3) is 0.0600. The van der Waals surface area contributed by atoms with Crippen molar-refractivity contribution >= 4 is 21.5 Å². The summed E-state index contributed by atoms with van der Waals surface area (Å²) in [5.74, 6) is 0.718. The first-order valence-corrected chi connectivity index (χ1v) is 18.2. The van der Waals surface area contributed by atoms with Gasteiger partial charge in [-0.1, -0.05) is 135 Å². The van der Waals surface area contributed by atoms with Crippen LogP contribution in [-0.2, 0) is 5.41 Å². The van der Waals surface area contributed by atoms with E-state index in [4.69, 9.17) is 9.97 Å². The van der Waals surface area contributed by atoms with Crippen LogP contribution in [0.1, 0.15) is 25.0 Å². The Hall–Kier alpha value is -6.71. The number of benzene rings is 7. The third-order valence-corrected chi connectivity index (χ3v) is 10.9. The summed E-state index contributed by atoms with van der Waals surface area (Å²) in [6.07, 6.45) is 1.84. The second kappa shape index (κ2) is 12.2. The monoisotopic (exact) mass is 677 g/mol. The number of hydrogen-bond acceptors (Lipinski definition) is 3. The third kappa shape index (κ3) is 5.32. The van der Waals surface area contributed by atoms with Crippen LogP contribution in [0.5, 0.6) is 0 Å². The zero-order chi connectivity index (χ0) is 35.5. The zero-order valence-corrected chi connectivity index (χ0v) is 29.6. The molecule has 0 spiro atoms. The van der Waals surface area contributed by atoms with Crippen LogP contribution in [0.4, 0.5) is 0 Å². The highest BCUT2D eigenvalue weighted by Gasteiger charge is 2.37. The summed E-state index contributed by atoms with van der Waals surface area (Å²) >= 11 is 0. The summed E-state index contributed by atoms with van der Waals surface area (Å²) in [4.78, 5) is 15.0. The highest BCUT2D eigenvalue weighted by molar-refractivity contribution is 5.99. The van der Waals surface area contributed by atoms with Gasteiger partial charge < -0.3 is 0 Å². The molecule has 0 fully saturated rings. The lowest BCUT2D eigenvalue weighted by atomic mass is 9.81. The van der Waals surface area contributed by atoms with Crippen LogP contribution in [0.2, 0.25) is 0 Å². The van der Waals surface area contributed by atoms with Crippen molar-refractivity contribution in [3.05, 3.63) is 187 Å². The van der Waals surface area contributed by atoms with Gasteiger partial charge in [0.25, 0.3) is 0 Å². The van der Waals surface area contributed by atoms with Gasteiger partial charge in [0.1, 0.15) is 0 Å². The molecule has 9 aromatic rings. The topological polar surface area (TPSA) is 38.7 Å². The van der Waals surface area contributed by atoms with E-state index in [1.54, 1.807) is 0 Å². The van der Waals surface area contributed by atoms with Gasteiger partial charge in [-0.2, -0.15) is 0 Å². The largest absolute Gasteiger partial charge is 0.256 e. The zero-order valence-electron chi connectivity index (χ0n) is 29.6. The summed E-state index contributed by atoms with van der Waals surface area (Å²) in [5.41, 5.74) is 14.5. The van der Waals surface area contributed by atoms with Crippen LogP contribution < -0.4 is 0 Å². The molecular formula is C50H35N3. The predicted octanol–water partition coefficient (Wildman–Crippen LogP) is 12.8. The standard InChI is InChI=1S/C50H35N3/c1-50(2)43-19-11-18-41(48(43)42-29-34-14-6-7-15-35(34)30-44(42)50)47-31-46(52-49(53-47)32-12-4-3-5-13-32)40-24-23-37-26-36(21-22-38(37)28-40)33-16-10-17-39(27-33)45-20-8-9-25-51-45/h3-31H,1-2H3. The third-order valence-electron chi connectivity index (χ3n) is 10.9. The van der Waals surface area contributed by atoms with Gasteiger partial charge in [-0.05, 0) is 103 Å². The Morgan fingerprint density at radius 2 is 1.00 bits per heavy atom. The van der Waals surface area contributed by atoms with Gasteiger partial charge in [-0.3, -0.25) is 4.98 Å². The van der Waals surface area contributed by atoms with Gasteiger partial charge in [0.2, 0.25) is 0 Å². The van der Waals surface area contributed by atoms with Crippen LogP contribution in [0.15, 0.2) is 176 Å². The maximum absolute atomic E-state index is 5.28. The minimum absolute atomic E-state index is 0.139. The normalized spacial score (nSPS) is 12.9. The van der Waals surface area contributed by atoms with Crippen molar-refractivity contribution in [2.24, 2.45) is 0 Å². The van der Waals surface area contributed by atoms with Crippen LogP contribution in [0.25, 0.3) is 89.0 Å². The molecule has 10 rings (SSSR count). The molecule has 2 aromatic heterocycles. The number of nitrogens with zero attached hydrogens (tertiary/aromatic N) is 3. The second-order valence-corrected chi connectivity index (χ2v) is 14.5. The number of aromatic nitrogens is 3. The van der Waals surface area contributed by atoms with Crippen molar-refractivity contribution < 1.29 is 0 Å². The molecule has 0 N–H and O–H groups in total. The Bertz CT molecular complexity index is 2860. The quantitative estimate of drug-likeness (QED) is 0.182. The van der Waals surface area contributed by atoms with Gasteiger partial charge >= 0.3 is 0 Å². The summed E-state index contributed by atoms with van der Waals surface area (Å²) < 4.78 is 0. The van der Waals surface area contributed by atoms with Crippen molar-refractivity contribution in [2.75, 3.05) is 0 Å². The Kier molecular flexibility index (Phi) is 7.16. The van der Waals surface area contributed by atoms with E-state index >= 15 is 0 Å². The SMILES string of the molecule is CC1(C)c2cc3ccccc3cc2-c2c(-c3cc(-c4ccc5cc(-c6cccc(-c7ccccn7)c6)ccc5c4)nc(-c4ccccc4)n3)cccc21. The Morgan fingerprint density at radius 3 is 1.81 bits per heavy atom. The molecule has 3 nitrogen and oxygen atoms in total. The van der Waals surface area contributed by atoms with E-state index in [0.29, 0.717) is 0 Å². The molecule has 1 aliphatic carbocycles. The molecule has 0 saturated heterocycles. The number of pyridine rings is 1. The Labute approximate surface area is 309 Å². The van der Waals surface area contributed by atoms with Gasteiger partial charge in [0.05, 0.1) is 17.1 Å². The summed E-state index contributed by atoms with van der Waals surface area (Å²) in [6.45, 7) is 4.68. The maximum Gasteiger partial charge on any atom is 0.160 e. The van der Waals surface area contributed by atoms with Crippen LogP contribution in [-0.4, -0.2) is 15.0 Å². The summed E-state index contributed by atoms with van der Waals surface area (Å²) in [6, 6.07) is 60.6. The van der Waals surface area contributed by atoms with E-state index in [1.165, 1.54) is 49.5 Å². The smallest absolute Gasteiger partial charge is 0.160 e. The Balaban J connectivity index is 1.10. The van der Waals surface area contributed by atoms with Crippen LogP contribution in [0.3, 0.4) is 0 Å². The molecule has 250 valence electrons. The van der Waals surface area contributed by atoms with Crippen molar-refractivity contribution in [2.45, 2.75) is 19.3 Å². The molecule has 0 unspecified atom stereocenters. The summed E-state index contributed by atoms with van der Waals surface area (Å²) in [7, 11) is 0.